The molecule has 0 atom stereocenters. The minimum Gasteiger partial charge on any atom is -0.319 e. The molecule has 2 heterocycles. The smallest absolute Gasteiger partial charge is 0.300 e. The van der Waals surface area contributed by atoms with E-state index in [0.29, 0.717) is 10.5 Å². The number of thiazole rings is 1. The number of carbonyl (C=O) groups is 1. The van der Waals surface area contributed by atoms with Gasteiger partial charge in [0.25, 0.3) is 5.91 Å². The van der Waals surface area contributed by atoms with Crippen LogP contribution in [0.25, 0.3) is 10.2 Å². The first-order valence-corrected chi connectivity index (χ1v) is 7.85. The minimum atomic E-state index is -0.297. The van der Waals surface area contributed by atoms with E-state index < -0.39 is 0 Å². The van der Waals surface area contributed by atoms with Crippen LogP contribution in [0.4, 0.5) is 0 Å². The minimum absolute atomic E-state index is 0.297. The van der Waals surface area contributed by atoms with E-state index in [1.54, 1.807) is 11.7 Å². The van der Waals surface area contributed by atoms with E-state index in [9.17, 15) is 4.79 Å². The van der Waals surface area contributed by atoms with Crippen molar-refractivity contribution in [2.24, 2.45) is 19.1 Å². The highest BCUT2D eigenvalue weighted by Crippen LogP contribution is 2.23. The van der Waals surface area contributed by atoms with Gasteiger partial charge in [-0.25, -0.2) is 0 Å². The lowest BCUT2D eigenvalue weighted by Gasteiger charge is -2.03. The van der Waals surface area contributed by atoms with Crippen molar-refractivity contribution < 1.29 is 4.79 Å². The summed E-state index contributed by atoms with van der Waals surface area (Å²) in [6, 6.07) is 4.18. The van der Waals surface area contributed by atoms with Crippen molar-refractivity contribution in [2.45, 2.75) is 20.8 Å². The highest BCUT2D eigenvalue weighted by Gasteiger charge is 2.14. The van der Waals surface area contributed by atoms with Crippen molar-refractivity contribution in [3.8, 4) is 0 Å². The van der Waals surface area contributed by atoms with Gasteiger partial charge < -0.3 is 4.57 Å². The lowest BCUT2D eigenvalue weighted by molar-refractivity contribution is 0.0992. The van der Waals surface area contributed by atoms with Crippen molar-refractivity contribution in [1.29, 1.82) is 0 Å². The third-order valence-electron chi connectivity index (χ3n) is 3.90. The number of aryl methyl sites for hydroxylation is 5. The van der Waals surface area contributed by atoms with Crippen LogP contribution in [0, 0.1) is 20.8 Å². The summed E-state index contributed by atoms with van der Waals surface area (Å²) in [7, 11) is 3.75. The third-order valence-corrected chi connectivity index (χ3v) is 5.00. The number of nitrogens with zero attached hydrogens (tertiary/aromatic N) is 4. The van der Waals surface area contributed by atoms with Gasteiger partial charge in [0.2, 0.25) is 0 Å². The zero-order valence-electron chi connectivity index (χ0n) is 13.3. The number of hydrogen-bond donors (Lipinski definition) is 0. The summed E-state index contributed by atoms with van der Waals surface area (Å²) in [6.45, 7) is 6.05. The number of fused-ring (bicyclic) bond motifs is 1. The Bertz CT molecular complexity index is 959. The Balaban J connectivity index is 2.18. The molecule has 1 aromatic carbocycles. The van der Waals surface area contributed by atoms with Gasteiger partial charge in [0.1, 0.15) is 0 Å². The van der Waals surface area contributed by atoms with Gasteiger partial charge in [0, 0.05) is 25.9 Å². The van der Waals surface area contributed by atoms with Crippen molar-refractivity contribution in [3.05, 3.63) is 45.5 Å². The van der Waals surface area contributed by atoms with E-state index in [4.69, 9.17) is 0 Å². The van der Waals surface area contributed by atoms with Crippen LogP contribution in [0.2, 0.25) is 0 Å². The quantitative estimate of drug-likeness (QED) is 0.693. The molecule has 0 aliphatic rings. The van der Waals surface area contributed by atoms with Crippen LogP contribution >= 0.6 is 11.3 Å². The monoisotopic (exact) mass is 314 g/mol. The van der Waals surface area contributed by atoms with Crippen LogP contribution < -0.4 is 4.80 Å². The van der Waals surface area contributed by atoms with Crippen LogP contribution in [0.1, 0.15) is 27.2 Å². The molecule has 0 unspecified atom stereocenters. The summed E-state index contributed by atoms with van der Waals surface area (Å²) >= 11 is 1.52. The molecule has 5 nitrogen and oxygen atoms in total. The molecule has 2 aromatic heterocycles. The molecule has 0 saturated heterocycles. The molecule has 0 radical (unpaired) electrons. The van der Waals surface area contributed by atoms with Crippen molar-refractivity contribution in [3.63, 3.8) is 0 Å². The first-order valence-electron chi connectivity index (χ1n) is 7.03. The average molecular weight is 314 g/mol. The average Bonchev–Trinajstić information content (AvgIpc) is 2.95. The maximum atomic E-state index is 12.4. The van der Waals surface area contributed by atoms with E-state index in [-0.39, 0.29) is 5.91 Å². The maximum Gasteiger partial charge on any atom is 0.300 e. The van der Waals surface area contributed by atoms with Gasteiger partial charge in [-0.3, -0.25) is 9.48 Å². The number of hydrogen-bond acceptors (Lipinski definition) is 3. The Labute approximate surface area is 132 Å². The first-order chi connectivity index (χ1) is 10.4. The fraction of sp³-hybridized carbons (Fsp3) is 0.312. The third kappa shape index (κ3) is 2.29. The van der Waals surface area contributed by atoms with Crippen molar-refractivity contribution >= 4 is 27.5 Å². The van der Waals surface area contributed by atoms with Crippen molar-refractivity contribution in [2.75, 3.05) is 0 Å². The van der Waals surface area contributed by atoms with E-state index in [1.807, 2.05) is 24.7 Å². The van der Waals surface area contributed by atoms with Gasteiger partial charge in [-0.05, 0) is 38.0 Å². The standard InChI is InChI=1S/C16H18N4OS/c1-9-6-7-12-14(11(9)3)20(5)16(22-12)17-15(21)13-10(2)8-19(4)18-13/h6-8H,1-5H3. The van der Waals surface area contributed by atoms with E-state index in [1.165, 1.54) is 22.5 Å². The molecule has 0 aliphatic heterocycles. The number of rotatable bonds is 1. The molecule has 0 saturated carbocycles. The largest absolute Gasteiger partial charge is 0.319 e. The number of benzene rings is 1. The maximum absolute atomic E-state index is 12.4. The Kier molecular flexibility index (Phi) is 3.48. The Morgan fingerprint density at radius 2 is 1.91 bits per heavy atom. The molecule has 0 aliphatic carbocycles. The fourth-order valence-corrected chi connectivity index (χ4v) is 3.67. The number of amides is 1. The molecular weight excluding hydrogens is 296 g/mol. The normalized spacial score (nSPS) is 12.3. The second-order valence-electron chi connectivity index (χ2n) is 5.55. The zero-order chi connectivity index (χ0) is 16.0. The molecule has 6 heteroatoms. The summed E-state index contributed by atoms with van der Waals surface area (Å²) in [5.41, 5.74) is 4.84. The van der Waals surface area contributed by atoms with Gasteiger partial charge in [-0.2, -0.15) is 10.1 Å². The van der Waals surface area contributed by atoms with Crippen LogP contribution in [0.15, 0.2) is 23.3 Å². The molecule has 114 valence electrons. The van der Waals surface area contributed by atoms with Gasteiger partial charge >= 0.3 is 0 Å². The summed E-state index contributed by atoms with van der Waals surface area (Å²) in [5.74, 6) is -0.297. The zero-order valence-corrected chi connectivity index (χ0v) is 14.2. The van der Waals surface area contributed by atoms with Gasteiger partial charge in [-0.15, -0.1) is 0 Å². The first kappa shape index (κ1) is 14.7. The second kappa shape index (κ2) is 5.21. The van der Waals surface area contributed by atoms with Crippen LogP contribution in [0.5, 0.6) is 0 Å². The van der Waals surface area contributed by atoms with Crippen LogP contribution in [0.3, 0.4) is 0 Å². The highest BCUT2D eigenvalue weighted by atomic mass is 32.1. The summed E-state index contributed by atoms with van der Waals surface area (Å²) in [4.78, 5) is 17.4. The SMILES string of the molecule is Cc1cn(C)nc1C(=O)N=c1sc2ccc(C)c(C)c2n1C. The highest BCUT2D eigenvalue weighted by molar-refractivity contribution is 7.16. The number of carbonyl (C=O) groups excluding carboxylic acids is 1. The summed E-state index contributed by atoms with van der Waals surface area (Å²) < 4.78 is 4.75. The second-order valence-corrected chi connectivity index (χ2v) is 6.56. The van der Waals surface area contributed by atoms with Crippen LogP contribution in [-0.2, 0) is 14.1 Å². The van der Waals surface area contributed by atoms with Crippen molar-refractivity contribution in [1.82, 2.24) is 14.3 Å². The van der Waals surface area contributed by atoms with E-state index in [0.717, 1.165) is 15.8 Å². The molecule has 1 amide bonds. The topological polar surface area (TPSA) is 52.2 Å². The fourth-order valence-electron chi connectivity index (χ4n) is 2.59. The lowest BCUT2D eigenvalue weighted by atomic mass is 10.1. The predicted octanol–water partition coefficient (Wildman–Crippen LogP) is 2.64. The van der Waals surface area contributed by atoms with E-state index in [2.05, 4.69) is 36.1 Å². The summed E-state index contributed by atoms with van der Waals surface area (Å²) in [5, 5.41) is 4.19. The molecule has 22 heavy (non-hydrogen) atoms. The predicted molar refractivity (Wildman–Crippen MR) is 88.1 cm³/mol. The molecule has 0 bridgehead atoms. The van der Waals surface area contributed by atoms with Gasteiger partial charge in [0.05, 0.1) is 10.2 Å². The molecule has 3 aromatic rings. The molecular formula is C16H18N4OS. The summed E-state index contributed by atoms with van der Waals surface area (Å²) in [6.07, 6.45) is 1.82. The Hall–Kier alpha value is -2.21. The van der Waals surface area contributed by atoms with E-state index >= 15 is 0 Å². The molecule has 3 rings (SSSR count). The number of aromatic nitrogens is 3. The molecule has 0 N–H and O–H groups in total. The van der Waals surface area contributed by atoms with Crippen LogP contribution in [-0.4, -0.2) is 20.3 Å². The van der Waals surface area contributed by atoms with Gasteiger partial charge in [-0.1, -0.05) is 17.4 Å². The van der Waals surface area contributed by atoms with Gasteiger partial charge in [0.15, 0.2) is 10.5 Å². The lowest BCUT2D eigenvalue weighted by Crippen LogP contribution is -2.14. The Morgan fingerprint density at radius 3 is 2.55 bits per heavy atom. The Morgan fingerprint density at radius 1 is 1.18 bits per heavy atom. The molecule has 0 spiro atoms. The molecule has 0 fully saturated rings.